The van der Waals surface area contributed by atoms with E-state index in [-0.39, 0.29) is 1.43 Å². The van der Waals surface area contributed by atoms with Gasteiger partial charge in [-0.15, -0.1) is 0 Å². The molecule has 1 aliphatic rings. The van der Waals surface area contributed by atoms with E-state index in [1.54, 1.807) is 7.11 Å². The van der Waals surface area contributed by atoms with Gasteiger partial charge in [-0.25, -0.2) is 0 Å². The number of halogens is 2. The number of alkyl halides is 2. The molecule has 1 radical (unpaired) electrons. The Hall–Kier alpha value is 0.930. The van der Waals surface area contributed by atoms with Crippen LogP contribution in [0.3, 0.4) is 0 Å². The molecule has 1 saturated carbocycles. The van der Waals surface area contributed by atoms with Gasteiger partial charge in [0.05, 0.1) is 5.71 Å². The van der Waals surface area contributed by atoms with Crippen LogP contribution in [-0.2, 0) is 4.84 Å². The lowest BCUT2D eigenvalue weighted by Crippen LogP contribution is -2.36. The molecule has 51 valence electrons. The summed E-state index contributed by atoms with van der Waals surface area (Å²) in [5.41, 5.74) is 1.12. The van der Waals surface area contributed by atoms with E-state index in [1.807, 2.05) is 0 Å². The molecule has 2 nitrogen and oxygen atoms in total. The Bertz CT molecular complexity index is 144. The van der Waals surface area contributed by atoms with Gasteiger partial charge in [-0.1, -0.05) is 50.3 Å². The standard InChI is InChI=1S/C5H6I2NO/c1-9-8-4-2-3-5(4,6)7/h3H,2H2,1H3. The van der Waals surface area contributed by atoms with Crippen molar-refractivity contribution in [3.05, 3.63) is 6.42 Å². The monoisotopic (exact) mass is 350 g/mol. The van der Waals surface area contributed by atoms with Gasteiger partial charge in [0.1, 0.15) is 8.54 Å². The smallest absolute Gasteiger partial charge is 0.118 e. The SMILES string of the molecule is CON=C1C[CH]C1(I)I. The van der Waals surface area contributed by atoms with Crippen LogP contribution in [0.5, 0.6) is 0 Å². The van der Waals surface area contributed by atoms with Crippen LogP contribution in [-0.4, -0.2) is 14.2 Å². The quantitative estimate of drug-likeness (QED) is 0.404. The Morgan fingerprint density at radius 3 is 2.56 bits per heavy atom. The van der Waals surface area contributed by atoms with Crippen LogP contribution in [0.1, 0.15) is 6.42 Å². The van der Waals surface area contributed by atoms with Crippen molar-refractivity contribution in [1.29, 1.82) is 0 Å². The molecule has 1 aliphatic carbocycles. The number of hydrogen-bond acceptors (Lipinski definition) is 2. The lowest BCUT2D eigenvalue weighted by Gasteiger charge is -2.30. The van der Waals surface area contributed by atoms with E-state index in [1.165, 1.54) is 0 Å². The predicted molar refractivity (Wildman–Crippen MR) is 54.1 cm³/mol. The number of hydrogen-bond donors (Lipinski definition) is 0. The van der Waals surface area contributed by atoms with Gasteiger partial charge in [-0.05, 0) is 12.8 Å². The molecule has 0 aromatic rings. The molecule has 0 atom stereocenters. The Kier molecular flexibility index (Phi) is 2.58. The van der Waals surface area contributed by atoms with Gasteiger partial charge in [0.25, 0.3) is 0 Å². The summed E-state index contributed by atoms with van der Waals surface area (Å²) in [6.07, 6.45) is 3.17. The molecule has 0 aromatic heterocycles. The minimum atomic E-state index is 0.130. The summed E-state index contributed by atoms with van der Waals surface area (Å²) >= 11 is 4.67. The third kappa shape index (κ3) is 1.69. The van der Waals surface area contributed by atoms with Gasteiger partial charge in [0, 0.05) is 0 Å². The van der Waals surface area contributed by atoms with E-state index >= 15 is 0 Å². The Balaban J connectivity index is 2.55. The fourth-order valence-electron chi connectivity index (χ4n) is 0.556. The molecule has 9 heavy (non-hydrogen) atoms. The van der Waals surface area contributed by atoms with Gasteiger partial charge in [0.15, 0.2) is 0 Å². The molecule has 0 bridgehead atoms. The molecule has 0 unspecified atom stereocenters. The minimum absolute atomic E-state index is 0.130. The molecule has 4 heteroatoms. The summed E-state index contributed by atoms with van der Waals surface area (Å²) < 4.78 is 0.130. The van der Waals surface area contributed by atoms with Crippen molar-refractivity contribution < 1.29 is 4.84 Å². The van der Waals surface area contributed by atoms with Gasteiger partial charge in [0.2, 0.25) is 0 Å². The first-order valence-electron chi connectivity index (χ1n) is 2.49. The van der Waals surface area contributed by atoms with Crippen LogP contribution in [0.4, 0.5) is 0 Å². The fraction of sp³-hybridized carbons (Fsp3) is 0.600. The summed E-state index contributed by atoms with van der Waals surface area (Å²) in [5.74, 6) is 0. The van der Waals surface area contributed by atoms with E-state index in [4.69, 9.17) is 0 Å². The van der Waals surface area contributed by atoms with Gasteiger partial charge < -0.3 is 4.84 Å². The first kappa shape index (κ1) is 8.03. The average molecular weight is 350 g/mol. The zero-order valence-electron chi connectivity index (χ0n) is 4.90. The lowest BCUT2D eigenvalue weighted by atomic mass is 9.97. The van der Waals surface area contributed by atoms with Crippen LogP contribution in [0.2, 0.25) is 0 Å². The second kappa shape index (κ2) is 2.89. The molecule has 1 fully saturated rings. The second-order valence-electron chi connectivity index (χ2n) is 1.75. The Labute approximate surface area is 81.7 Å². The maximum atomic E-state index is 4.64. The molecule has 0 N–H and O–H groups in total. The summed E-state index contributed by atoms with van der Waals surface area (Å²) in [4.78, 5) is 4.64. The van der Waals surface area contributed by atoms with E-state index in [2.05, 4.69) is 61.6 Å². The van der Waals surface area contributed by atoms with Crippen LogP contribution in [0.15, 0.2) is 5.16 Å². The third-order valence-electron chi connectivity index (χ3n) is 1.14. The van der Waals surface area contributed by atoms with Crippen molar-refractivity contribution in [1.82, 2.24) is 0 Å². The van der Waals surface area contributed by atoms with Crippen molar-refractivity contribution in [3.63, 3.8) is 0 Å². The molecular formula is C5H6I2NO. The molecule has 0 amide bonds. The van der Waals surface area contributed by atoms with E-state index in [0.717, 1.165) is 12.1 Å². The van der Waals surface area contributed by atoms with E-state index in [0.29, 0.717) is 0 Å². The van der Waals surface area contributed by atoms with Crippen molar-refractivity contribution in [2.75, 3.05) is 7.11 Å². The van der Waals surface area contributed by atoms with Crippen LogP contribution in [0, 0.1) is 6.42 Å². The zero-order chi connectivity index (χ0) is 6.91. The van der Waals surface area contributed by atoms with Crippen molar-refractivity contribution in [3.8, 4) is 0 Å². The first-order chi connectivity index (χ1) is 4.17. The van der Waals surface area contributed by atoms with Crippen LogP contribution < -0.4 is 0 Å². The highest BCUT2D eigenvalue weighted by atomic mass is 127. The predicted octanol–water partition coefficient (Wildman–Crippen LogP) is 2.16. The molecule has 0 spiro atoms. The van der Waals surface area contributed by atoms with Crippen molar-refractivity contribution >= 4 is 50.9 Å². The second-order valence-corrected chi connectivity index (χ2v) is 7.22. The number of nitrogens with zero attached hydrogens (tertiary/aromatic N) is 1. The summed E-state index contributed by atoms with van der Waals surface area (Å²) in [6, 6.07) is 0. The molecule has 1 rings (SSSR count). The number of oxime groups is 1. The number of rotatable bonds is 1. The zero-order valence-corrected chi connectivity index (χ0v) is 9.21. The Morgan fingerprint density at radius 2 is 2.44 bits per heavy atom. The summed E-state index contributed by atoms with van der Waals surface area (Å²) in [7, 11) is 1.58. The maximum Gasteiger partial charge on any atom is 0.118 e. The van der Waals surface area contributed by atoms with Gasteiger partial charge in [-0.3, -0.25) is 0 Å². The highest BCUT2D eigenvalue weighted by molar-refractivity contribution is 14.2. The highest BCUT2D eigenvalue weighted by Gasteiger charge is 2.39. The van der Waals surface area contributed by atoms with Crippen LogP contribution in [0.25, 0.3) is 0 Å². The lowest BCUT2D eigenvalue weighted by molar-refractivity contribution is 0.211. The molecule has 0 heterocycles. The van der Waals surface area contributed by atoms with Crippen LogP contribution >= 0.6 is 45.2 Å². The minimum Gasteiger partial charge on any atom is -0.399 e. The molecule has 0 saturated heterocycles. The van der Waals surface area contributed by atoms with Gasteiger partial charge >= 0.3 is 0 Å². The maximum absolute atomic E-state index is 4.64. The first-order valence-corrected chi connectivity index (χ1v) is 4.65. The van der Waals surface area contributed by atoms with Gasteiger partial charge in [-0.2, -0.15) is 0 Å². The largest absolute Gasteiger partial charge is 0.399 e. The molecular weight excluding hydrogens is 344 g/mol. The Morgan fingerprint density at radius 1 is 1.78 bits per heavy atom. The van der Waals surface area contributed by atoms with Crippen molar-refractivity contribution in [2.24, 2.45) is 5.16 Å². The molecule has 0 aliphatic heterocycles. The summed E-state index contributed by atoms with van der Waals surface area (Å²) in [5, 5.41) is 3.85. The van der Waals surface area contributed by atoms with E-state index < -0.39 is 0 Å². The van der Waals surface area contributed by atoms with Crippen molar-refractivity contribution in [2.45, 2.75) is 7.85 Å². The normalized spacial score (nSPS) is 27.7. The molecule has 0 aromatic carbocycles. The highest BCUT2D eigenvalue weighted by Crippen LogP contribution is 2.43. The third-order valence-corrected chi connectivity index (χ3v) is 3.26. The average Bonchev–Trinajstić information content (AvgIpc) is 1.81. The topological polar surface area (TPSA) is 21.6 Å². The fourth-order valence-corrected chi connectivity index (χ4v) is 1.63. The summed E-state index contributed by atoms with van der Waals surface area (Å²) in [6.45, 7) is 0. The van der Waals surface area contributed by atoms with E-state index in [9.17, 15) is 0 Å².